The molecule has 0 saturated carbocycles. The molecule has 0 aliphatic heterocycles. The molecule has 0 atom stereocenters. The standard InChI is InChI=1S/C16H25NO2/c1-12-8-9-13(2)14(11-12)7-6-10-17-15(18)19-16(3,4)5/h8-9,11H,6-7,10H2,1-5H3,(H,17,18). The van der Waals surface area contributed by atoms with E-state index < -0.39 is 5.60 Å². The van der Waals surface area contributed by atoms with Crippen LogP contribution >= 0.6 is 0 Å². The second kappa shape index (κ2) is 6.60. The number of ether oxygens (including phenoxy) is 1. The van der Waals surface area contributed by atoms with Gasteiger partial charge in [-0.1, -0.05) is 23.8 Å². The van der Waals surface area contributed by atoms with Gasteiger partial charge in [0.15, 0.2) is 0 Å². The quantitative estimate of drug-likeness (QED) is 0.840. The summed E-state index contributed by atoms with van der Waals surface area (Å²) >= 11 is 0. The molecule has 0 unspecified atom stereocenters. The van der Waals surface area contributed by atoms with E-state index in [-0.39, 0.29) is 6.09 Å². The number of rotatable bonds is 4. The molecule has 3 nitrogen and oxygen atoms in total. The first-order valence-corrected chi connectivity index (χ1v) is 6.81. The van der Waals surface area contributed by atoms with Crippen molar-refractivity contribution in [2.45, 2.75) is 53.1 Å². The SMILES string of the molecule is Cc1ccc(C)c(CCCNC(=O)OC(C)(C)C)c1. The summed E-state index contributed by atoms with van der Waals surface area (Å²) in [7, 11) is 0. The van der Waals surface area contributed by atoms with Crippen molar-refractivity contribution >= 4 is 6.09 Å². The monoisotopic (exact) mass is 263 g/mol. The molecule has 0 saturated heterocycles. The zero-order valence-electron chi connectivity index (χ0n) is 12.7. The lowest BCUT2D eigenvalue weighted by Crippen LogP contribution is -2.33. The molecule has 1 amide bonds. The minimum atomic E-state index is -0.433. The summed E-state index contributed by atoms with van der Waals surface area (Å²) in [6.07, 6.45) is 1.56. The van der Waals surface area contributed by atoms with Crippen LogP contribution in [-0.2, 0) is 11.2 Å². The van der Waals surface area contributed by atoms with E-state index in [9.17, 15) is 4.79 Å². The Morgan fingerprint density at radius 2 is 1.95 bits per heavy atom. The van der Waals surface area contributed by atoms with Crippen LogP contribution in [0.5, 0.6) is 0 Å². The van der Waals surface area contributed by atoms with Crippen molar-refractivity contribution in [3.63, 3.8) is 0 Å². The molecule has 0 spiro atoms. The normalized spacial score (nSPS) is 11.2. The lowest BCUT2D eigenvalue weighted by Gasteiger charge is -2.19. The molecule has 0 heterocycles. The summed E-state index contributed by atoms with van der Waals surface area (Å²) in [6, 6.07) is 6.48. The lowest BCUT2D eigenvalue weighted by atomic mass is 10.0. The van der Waals surface area contributed by atoms with Crippen LogP contribution in [0.15, 0.2) is 18.2 Å². The number of alkyl carbamates (subject to hydrolysis) is 1. The van der Waals surface area contributed by atoms with E-state index in [1.165, 1.54) is 16.7 Å². The number of benzene rings is 1. The zero-order chi connectivity index (χ0) is 14.5. The molecule has 0 aliphatic carbocycles. The summed E-state index contributed by atoms with van der Waals surface area (Å²) in [5.41, 5.74) is 3.51. The average molecular weight is 263 g/mol. The predicted molar refractivity (Wildman–Crippen MR) is 78.5 cm³/mol. The molecule has 3 heteroatoms. The summed E-state index contributed by atoms with van der Waals surface area (Å²) in [5.74, 6) is 0. The summed E-state index contributed by atoms with van der Waals surface area (Å²) in [5, 5.41) is 2.78. The summed E-state index contributed by atoms with van der Waals surface area (Å²) in [6.45, 7) is 10.5. The Morgan fingerprint density at radius 3 is 2.58 bits per heavy atom. The number of aryl methyl sites for hydroxylation is 3. The van der Waals surface area contributed by atoms with Gasteiger partial charge in [-0.05, 0) is 58.6 Å². The van der Waals surface area contributed by atoms with E-state index >= 15 is 0 Å². The predicted octanol–water partition coefficient (Wildman–Crippen LogP) is 3.76. The second-order valence-electron chi connectivity index (χ2n) is 5.96. The fourth-order valence-electron chi connectivity index (χ4n) is 1.85. The molecule has 106 valence electrons. The van der Waals surface area contributed by atoms with Crippen molar-refractivity contribution in [1.82, 2.24) is 5.32 Å². The Hall–Kier alpha value is -1.51. The highest BCUT2D eigenvalue weighted by Gasteiger charge is 2.15. The third-order valence-corrected chi connectivity index (χ3v) is 2.80. The van der Waals surface area contributed by atoms with Crippen molar-refractivity contribution < 1.29 is 9.53 Å². The molecule has 1 rings (SSSR count). The van der Waals surface area contributed by atoms with Crippen molar-refractivity contribution in [3.8, 4) is 0 Å². The van der Waals surface area contributed by atoms with Crippen LogP contribution in [0.1, 0.15) is 43.9 Å². The number of hydrogen-bond acceptors (Lipinski definition) is 2. The Kier molecular flexibility index (Phi) is 5.40. The van der Waals surface area contributed by atoms with E-state index in [4.69, 9.17) is 4.74 Å². The van der Waals surface area contributed by atoms with Gasteiger partial charge in [0, 0.05) is 6.54 Å². The number of carbonyl (C=O) groups excluding carboxylic acids is 1. The molecule has 1 aromatic carbocycles. The van der Waals surface area contributed by atoms with Crippen molar-refractivity contribution in [1.29, 1.82) is 0 Å². The largest absolute Gasteiger partial charge is 0.444 e. The molecule has 19 heavy (non-hydrogen) atoms. The molecular weight excluding hydrogens is 238 g/mol. The van der Waals surface area contributed by atoms with Crippen LogP contribution in [0.25, 0.3) is 0 Å². The maximum Gasteiger partial charge on any atom is 0.407 e. The Labute approximate surface area is 116 Å². The van der Waals surface area contributed by atoms with E-state index in [0.29, 0.717) is 6.54 Å². The molecular formula is C16H25NO2. The zero-order valence-corrected chi connectivity index (χ0v) is 12.7. The minimum absolute atomic E-state index is 0.339. The molecule has 0 radical (unpaired) electrons. The van der Waals surface area contributed by atoms with Crippen LogP contribution < -0.4 is 5.32 Å². The van der Waals surface area contributed by atoms with Gasteiger partial charge in [-0.25, -0.2) is 4.79 Å². The summed E-state index contributed by atoms with van der Waals surface area (Å²) < 4.78 is 5.18. The van der Waals surface area contributed by atoms with Crippen molar-refractivity contribution in [3.05, 3.63) is 34.9 Å². The first kappa shape index (κ1) is 15.5. The summed E-state index contributed by atoms with van der Waals surface area (Å²) in [4.78, 5) is 11.5. The topological polar surface area (TPSA) is 38.3 Å². The Bertz CT molecular complexity index is 433. The van der Waals surface area contributed by atoms with Gasteiger partial charge in [-0.15, -0.1) is 0 Å². The van der Waals surface area contributed by atoms with E-state index in [0.717, 1.165) is 12.8 Å². The van der Waals surface area contributed by atoms with Gasteiger partial charge in [0.05, 0.1) is 0 Å². The fourth-order valence-corrected chi connectivity index (χ4v) is 1.85. The van der Waals surface area contributed by atoms with E-state index in [2.05, 4.69) is 37.4 Å². The molecule has 0 aromatic heterocycles. The number of carbonyl (C=O) groups is 1. The maximum atomic E-state index is 11.5. The van der Waals surface area contributed by atoms with Gasteiger partial charge >= 0.3 is 6.09 Å². The van der Waals surface area contributed by atoms with Crippen LogP contribution in [0.2, 0.25) is 0 Å². The molecule has 1 N–H and O–H groups in total. The highest BCUT2D eigenvalue weighted by molar-refractivity contribution is 5.67. The van der Waals surface area contributed by atoms with E-state index in [1.807, 2.05) is 20.8 Å². The van der Waals surface area contributed by atoms with Gasteiger partial charge < -0.3 is 10.1 Å². The number of nitrogens with one attached hydrogen (secondary N) is 1. The van der Waals surface area contributed by atoms with Crippen LogP contribution in [0, 0.1) is 13.8 Å². The van der Waals surface area contributed by atoms with Crippen LogP contribution in [0.4, 0.5) is 4.79 Å². The molecule has 0 aliphatic rings. The van der Waals surface area contributed by atoms with Gasteiger partial charge in [0.1, 0.15) is 5.60 Å². The molecule has 1 aromatic rings. The van der Waals surface area contributed by atoms with E-state index in [1.54, 1.807) is 0 Å². The average Bonchev–Trinajstić information content (AvgIpc) is 2.26. The minimum Gasteiger partial charge on any atom is -0.444 e. The van der Waals surface area contributed by atoms with Gasteiger partial charge in [0.2, 0.25) is 0 Å². The van der Waals surface area contributed by atoms with Crippen molar-refractivity contribution in [2.75, 3.05) is 6.54 Å². The Balaban J connectivity index is 2.31. The maximum absolute atomic E-state index is 11.5. The third kappa shape index (κ3) is 6.27. The number of amides is 1. The first-order valence-electron chi connectivity index (χ1n) is 6.81. The highest BCUT2D eigenvalue weighted by Crippen LogP contribution is 2.12. The van der Waals surface area contributed by atoms with Gasteiger partial charge in [0.25, 0.3) is 0 Å². The van der Waals surface area contributed by atoms with Crippen molar-refractivity contribution in [2.24, 2.45) is 0 Å². The van der Waals surface area contributed by atoms with Crippen LogP contribution in [-0.4, -0.2) is 18.2 Å². The third-order valence-electron chi connectivity index (χ3n) is 2.80. The van der Waals surface area contributed by atoms with Crippen LogP contribution in [0.3, 0.4) is 0 Å². The Morgan fingerprint density at radius 1 is 1.26 bits per heavy atom. The molecule has 0 fully saturated rings. The second-order valence-corrected chi connectivity index (χ2v) is 5.96. The first-order chi connectivity index (χ1) is 8.78. The van der Waals surface area contributed by atoms with Gasteiger partial charge in [-0.2, -0.15) is 0 Å². The molecule has 0 bridgehead atoms. The highest BCUT2D eigenvalue weighted by atomic mass is 16.6. The fraction of sp³-hybridized carbons (Fsp3) is 0.562. The van der Waals surface area contributed by atoms with Gasteiger partial charge in [-0.3, -0.25) is 0 Å². The lowest BCUT2D eigenvalue weighted by molar-refractivity contribution is 0.0527. The number of hydrogen-bond donors (Lipinski definition) is 1. The smallest absolute Gasteiger partial charge is 0.407 e.